The number of ether oxygens (including phenoxy) is 1. The van der Waals surface area contributed by atoms with Crippen molar-refractivity contribution in [2.75, 3.05) is 53.3 Å². The number of aromatic nitrogens is 2. The molecule has 0 unspecified atom stereocenters. The summed E-state index contributed by atoms with van der Waals surface area (Å²) in [6.07, 6.45) is 3.14. The summed E-state index contributed by atoms with van der Waals surface area (Å²) in [5.74, 6) is 2.26. The molecular weight excluding hydrogens is 460 g/mol. The Bertz CT molecular complexity index is 1140. The Labute approximate surface area is 209 Å². The number of carbonyl (C=O) groups excluding carboxylic acids is 1. The van der Waals surface area contributed by atoms with E-state index in [9.17, 15) is 4.79 Å². The molecule has 0 saturated carbocycles. The van der Waals surface area contributed by atoms with E-state index in [0.717, 1.165) is 60.4 Å². The summed E-state index contributed by atoms with van der Waals surface area (Å²) in [4.78, 5) is 24.0. The molecule has 9 heteroatoms. The van der Waals surface area contributed by atoms with Gasteiger partial charge in [0.25, 0.3) is 0 Å². The lowest BCUT2D eigenvalue weighted by molar-refractivity contribution is -0.121. The van der Waals surface area contributed by atoms with E-state index in [1.807, 2.05) is 54.2 Å². The summed E-state index contributed by atoms with van der Waals surface area (Å²) in [6, 6.07) is 17.8. The van der Waals surface area contributed by atoms with Gasteiger partial charge in [-0.1, -0.05) is 12.1 Å². The number of amides is 1. The predicted molar refractivity (Wildman–Crippen MR) is 142 cm³/mol. The molecule has 3 heterocycles. The molecule has 3 aromatic rings. The number of nitrogens with two attached hydrogens (primary N) is 1. The Hall–Kier alpha value is -3.14. The van der Waals surface area contributed by atoms with Crippen LogP contribution in [-0.2, 0) is 9.53 Å². The highest BCUT2D eigenvalue weighted by Crippen LogP contribution is 2.27. The van der Waals surface area contributed by atoms with Crippen LogP contribution in [0.5, 0.6) is 0 Å². The fourth-order valence-corrected chi connectivity index (χ4v) is 5.45. The molecule has 2 aliphatic heterocycles. The first-order chi connectivity index (χ1) is 17.1. The SMILES string of the molecule is NC1(C(=O)Nc2ccc(-c3ccnc(Nc4ccc(N5CCOCC5)cc4)n3)cc2)CCSCC1. The molecule has 4 N–H and O–H groups in total. The van der Waals surface area contributed by atoms with Gasteiger partial charge in [0.1, 0.15) is 0 Å². The number of morpholine rings is 1. The van der Waals surface area contributed by atoms with Gasteiger partial charge in [0.2, 0.25) is 11.9 Å². The summed E-state index contributed by atoms with van der Waals surface area (Å²) in [5.41, 5.74) is 10.1. The van der Waals surface area contributed by atoms with Crippen molar-refractivity contribution in [3.8, 4) is 11.3 Å². The maximum Gasteiger partial charge on any atom is 0.244 e. The van der Waals surface area contributed by atoms with E-state index in [-0.39, 0.29) is 5.91 Å². The van der Waals surface area contributed by atoms with Crippen LogP contribution in [0, 0.1) is 0 Å². The molecule has 5 rings (SSSR count). The van der Waals surface area contributed by atoms with Gasteiger partial charge in [-0.05, 0) is 66.8 Å². The molecule has 2 fully saturated rings. The van der Waals surface area contributed by atoms with E-state index < -0.39 is 5.54 Å². The van der Waals surface area contributed by atoms with Crippen molar-refractivity contribution in [2.24, 2.45) is 5.73 Å². The van der Waals surface area contributed by atoms with Crippen molar-refractivity contribution >= 4 is 40.7 Å². The van der Waals surface area contributed by atoms with Crippen LogP contribution in [0.25, 0.3) is 11.3 Å². The lowest BCUT2D eigenvalue weighted by Crippen LogP contribution is -2.53. The Morgan fingerprint density at radius 3 is 2.37 bits per heavy atom. The first-order valence-corrected chi connectivity index (χ1v) is 13.1. The third-order valence-corrected chi connectivity index (χ3v) is 7.42. The highest BCUT2D eigenvalue weighted by Gasteiger charge is 2.35. The number of hydrogen-bond acceptors (Lipinski definition) is 8. The largest absolute Gasteiger partial charge is 0.378 e. The molecule has 0 spiro atoms. The number of anilines is 4. The number of benzene rings is 2. The van der Waals surface area contributed by atoms with E-state index in [1.54, 1.807) is 6.20 Å². The van der Waals surface area contributed by atoms with Crippen molar-refractivity contribution in [3.63, 3.8) is 0 Å². The van der Waals surface area contributed by atoms with Gasteiger partial charge in [0.05, 0.1) is 24.4 Å². The van der Waals surface area contributed by atoms with Crippen LogP contribution < -0.4 is 21.3 Å². The third-order valence-electron chi connectivity index (χ3n) is 6.43. The first-order valence-electron chi connectivity index (χ1n) is 11.9. The molecule has 0 bridgehead atoms. The minimum Gasteiger partial charge on any atom is -0.378 e. The molecule has 0 atom stereocenters. The summed E-state index contributed by atoms with van der Waals surface area (Å²) in [5, 5.41) is 6.26. The van der Waals surface area contributed by atoms with Crippen LogP contribution in [-0.4, -0.2) is 59.2 Å². The zero-order valence-electron chi connectivity index (χ0n) is 19.6. The standard InChI is InChI=1S/C26H30N6O2S/c27-26(10-17-35-18-11-26)24(33)29-20-3-1-19(2-4-20)23-9-12-28-25(31-23)30-21-5-7-22(8-6-21)32-13-15-34-16-14-32/h1-9,12H,10-11,13-18,27H2,(H,29,33)(H,28,30,31). The topological polar surface area (TPSA) is 105 Å². The molecule has 0 radical (unpaired) electrons. The van der Waals surface area contributed by atoms with Crippen LogP contribution in [0.15, 0.2) is 60.8 Å². The van der Waals surface area contributed by atoms with Crippen molar-refractivity contribution in [2.45, 2.75) is 18.4 Å². The predicted octanol–water partition coefficient (Wildman–Crippen LogP) is 3.89. The first kappa shape index (κ1) is 23.6. The number of hydrogen-bond donors (Lipinski definition) is 3. The Kier molecular flexibility index (Phi) is 7.17. The fourth-order valence-electron chi connectivity index (χ4n) is 4.23. The van der Waals surface area contributed by atoms with Gasteiger partial charge in [-0.3, -0.25) is 4.79 Å². The van der Waals surface area contributed by atoms with Crippen molar-refractivity contribution in [1.29, 1.82) is 0 Å². The Morgan fingerprint density at radius 1 is 0.971 bits per heavy atom. The van der Waals surface area contributed by atoms with Gasteiger partial charge in [0.15, 0.2) is 0 Å². The van der Waals surface area contributed by atoms with Gasteiger partial charge < -0.3 is 26.0 Å². The van der Waals surface area contributed by atoms with Crippen LogP contribution >= 0.6 is 11.8 Å². The highest BCUT2D eigenvalue weighted by atomic mass is 32.2. The average molecular weight is 491 g/mol. The smallest absolute Gasteiger partial charge is 0.244 e. The van der Waals surface area contributed by atoms with Crippen LogP contribution in [0.1, 0.15) is 12.8 Å². The van der Waals surface area contributed by atoms with Crippen molar-refractivity contribution in [3.05, 3.63) is 60.8 Å². The van der Waals surface area contributed by atoms with Gasteiger partial charge in [-0.25, -0.2) is 9.97 Å². The molecule has 182 valence electrons. The Morgan fingerprint density at radius 2 is 1.66 bits per heavy atom. The van der Waals surface area contributed by atoms with E-state index in [2.05, 4.69) is 37.6 Å². The molecule has 2 aliphatic rings. The van der Waals surface area contributed by atoms with Gasteiger partial charge in [0, 0.05) is 41.9 Å². The normalized spacial score (nSPS) is 17.6. The molecule has 2 aromatic carbocycles. The van der Waals surface area contributed by atoms with E-state index in [0.29, 0.717) is 18.8 Å². The number of carbonyl (C=O) groups is 1. The molecule has 1 amide bonds. The quantitative estimate of drug-likeness (QED) is 0.478. The number of nitrogens with one attached hydrogen (secondary N) is 2. The van der Waals surface area contributed by atoms with E-state index in [1.165, 1.54) is 5.69 Å². The van der Waals surface area contributed by atoms with E-state index in [4.69, 9.17) is 10.5 Å². The highest BCUT2D eigenvalue weighted by molar-refractivity contribution is 7.99. The second kappa shape index (κ2) is 10.6. The summed E-state index contributed by atoms with van der Waals surface area (Å²) in [6.45, 7) is 3.35. The number of thioether (sulfide) groups is 1. The average Bonchev–Trinajstić information content (AvgIpc) is 2.91. The van der Waals surface area contributed by atoms with Crippen LogP contribution in [0.2, 0.25) is 0 Å². The molecular formula is C26H30N6O2S. The monoisotopic (exact) mass is 490 g/mol. The molecule has 35 heavy (non-hydrogen) atoms. The summed E-state index contributed by atoms with van der Waals surface area (Å²) < 4.78 is 5.43. The number of nitrogens with zero attached hydrogens (tertiary/aromatic N) is 3. The molecule has 1 aromatic heterocycles. The van der Waals surface area contributed by atoms with Gasteiger partial charge in [-0.2, -0.15) is 11.8 Å². The maximum absolute atomic E-state index is 12.7. The summed E-state index contributed by atoms with van der Waals surface area (Å²) in [7, 11) is 0. The lowest BCUT2D eigenvalue weighted by Gasteiger charge is -2.31. The third kappa shape index (κ3) is 5.75. The van der Waals surface area contributed by atoms with Crippen molar-refractivity contribution in [1.82, 2.24) is 9.97 Å². The fraction of sp³-hybridized carbons (Fsp3) is 0.346. The summed E-state index contributed by atoms with van der Waals surface area (Å²) >= 11 is 1.85. The van der Waals surface area contributed by atoms with Crippen LogP contribution in [0.3, 0.4) is 0 Å². The van der Waals surface area contributed by atoms with Crippen LogP contribution in [0.4, 0.5) is 23.0 Å². The zero-order valence-corrected chi connectivity index (χ0v) is 20.4. The van der Waals surface area contributed by atoms with Crippen molar-refractivity contribution < 1.29 is 9.53 Å². The maximum atomic E-state index is 12.7. The molecule has 0 aliphatic carbocycles. The van der Waals surface area contributed by atoms with Gasteiger partial charge in [-0.15, -0.1) is 0 Å². The zero-order chi connectivity index (χ0) is 24.1. The number of rotatable bonds is 6. The Balaban J connectivity index is 1.22. The minimum absolute atomic E-state index is 0.112. The van der Waals surface area contributed by atoms with E-state index >= 15 is 0 Å². The lowest BCUT2D eigenvalue weighted by atomic mass is 9.92. The van der Waals surface area contributed by atoms with Gasteiger partial charge >= 0.3 is 0 Å². The second-order valence-electron chi connectivity index (χ2n) is 8.84. The molecule has 8 nitrogen and oxygen atoms in total. The second-order valence-corrected chi connectivity index (χ2v) is 10.1. The minimum atomic E-state index is -0.780. The molecule has 2 saturated heterocycles.